The van der Waals surface area contributed by atoms with Gasteiger partial charge >= 0.3 is 0 Å². The van der Waals surface area contributed by atoms with Crippen LogP contribution in [0.3, 0.4) is 0 Å². The molecule has 0 aliphatic heterocycles. The first-order valence-electron chi connectivity index (χ1n) is 6.92. The van der Waals surface area contributed by atoms with Crippen molar-refractivity contribution in [2.45, 2.75) is 12.5 Å². The quantitative estimate of drug-likeness (QED) is 0.821. The van der Waals surface area contributed by atoms with Crippen LogP contribution in [0.2, 0.25) is 0 Å². The first kappa shape index (κ1) is 15.2. The van der Waals surface area contributed by atoms with E-state index in [9.17, 15) is 5.11 Å². The molecule has 1 unspecified atom stereocenters. The van der Waals surface area contributed by atoms with Gasteiger partial charge in [-0.05, 0) is 48.4 Å². The number of aliphatic hydroxyl groups excluding tert-OH is 1. The molecule has 0 spiro atoms. The van der Waals surface area contributed by atoms with Crippen molar-refractivity contribution in [3.63, 3.8) is 0 Å². The van der Waals surface area contributed by atoms with Crippen LogP contribution in [0.1, 0.15) is 18.0 Å². The molecule has 112 valence electrons. The molecule has 1 atom stereocenters. The molecule has 0 bridgehead atoms. The Morgan fingerprint density at radius 2 is 1.43 bits per heavy atom. The Morgan fingerprint density at radius 3 is 1.90 bits per heavy atom. The monoisotopic (exact) mass is 287 g/mol. The van der Waals surface area contributed by atoms with Gasteiger partial charge in [0.2, 0.25) is 0 Å². The van der Waals surface area contributed by atoms with E-state index in [4.69, 9.17) is 9.47 Å². The molecule has 0 amide bonds. The lowest BCUT2D eigenvalue weighted by atomic mass is 10.0. The van der Waals surface area contributed by atoms with Gasteiger partial charge in [-0.1, -0.05) is 12.1 Å². The number of nitrogens with one attached hydrogen (secondary N) is 1. The smallest absolute Gasteiger partial charge is 0.119 e. The third kappa shape index (κ3) is 4.13. The van der Waals surface area contributed by atoms with Gasteiger partial charge in [-0.15, -0.1) is 0 Å². The molecule has 2 rings (SSSR count). The molecule has 21 heavy (non-hydrogen) atoms. The fourth-order valence-corrected chi connectivity index (χ4v) is 2.18. The van der Waals surface area contributed by atoms with Crippen molar-refractivity contribution in [2.75, 3.05) is 26.1 Å². The number of rotatable bonds is 7. The van der Waals surface area contributed by atoms with Gasteiger partial charge in [-0.25, -0.2) is 0 Å². The van der Waals surface area contributed by atoms with Crippen molar-refractivity contribution < 1.29 is 14.6 Å². The standard InChI is InChI=1S/C17H21NO3/c1-20-15-7-3-13(4-8-15)17(11-12-19)18-14-5-9-16(21-2)10-6-14/h3-10,17-19H,11-12H2,1-2H3. The predicted molar refractivity (Wildman–Crippen MR) is 84.1 cm³/mol. The van der Waals surface area contributed by atoms with Crippen molar-refractivity contribution in [3.05, 3.63) is 54.1 Å². The molecular formula is C17H21NO3. The first-order chi connectivity index (χ1) is 10.3. The zero-order valence-electron chi connectivity index (χ0n) is 12.4. The van der Waals surface area contributed by atoms with Crippen LogP contribution in [0.25, 0.3) is 0 Å². The summed E-state index contributed by atoms with van der Waals surface area (Å²) in [5.74, 6) is 1.65. The van der Waals surface area contributed by atoms with Gasteiger partial charge in [0.05, 0.1) is 20.3 Å². The summed E-state index contributed by atoms with van der Waals surface area (Å²) in [5.41, 5.74) is 2.10. The van der Waals surface area contributed by atoms with Crippen LogP contribution in [0.4, 0.5) is 5.69 Å². The summed E-state index contributed by atoms with van der Waals surface area (Å²) in [6, 6.07) is 15.7. The fourth-order valence-electron chi connectivity index (χ4n) is 2.18. The second kappa shape index (κ2) is 7.55. The lowest BCUT2D eigenvalue weighted by molar-refractivity contribution is 0.280. The number of anilines is 1. The highest BCUT2D eigenvalue weighted by Crippen LogP contribution is 2.25. The van der Waals surface area contributed by atoms with Gasteiger partial charge in [-0.2, -0.15) is 0 Å². The first-order valence-corrected chi connectivity index (χ1v) is 6.92. The van der Waals surface area contributed by atoms with Crippen molar-refractivity contribution in [2.24, 2.45) is 0 Å². The molecule has 2 N–H and O–H groups in total. The van der Waals surface area contributed by atoms with E-state index in [0.717, 1.165) is 22.7 Å². The van der Waals surface area contributed by atoms with Gasteiger partial charge in [0.15, 0.2) is 0 Å². The largest absolute Gasteiger partial charge is 0.497 e. The highest BCUT2D eigenvalue weighted by molar-refractivity contribution is 5.48. The highest BCUT2D eigenvalue weighted by Gasteiger charge is 2.11. The van der Waals surface area contributed by atoms with Crippen molar-refractivity contribution >= 4 is 5.69 Å². The zero-order valence-corrected chi connectivity index (χ0v) is 12.4. The maximum atomic E-state index is 9.27. The van der Waals surface area contributed by atoms with Crippen molar-refractivity contribution in [1.29, 1.82) is 0 Å². The number of benzene rings is 2. The summed E-state index contributed by atoms with van der Waals surface area (Å²) in [6.07, 6.45) is 0.637. The van der Waals surface area contributed by atoms with Crippen molar-refractivity contribution in [1.82, 2.24) is 0 Å². The molecule has 0 heterocycles. The fraction of sp³-hybridized carbons (Fsp3) is 0.294. The molecule has 2 aromatic carbocycles. The maximum Gasteiger partial charge on any atom is 0.119 e. The Kier molecular flexibility index (Phi) is 5.46. The Bertz CT molecular complexity index is 537. The third-order valence-electron chi connectivity index (χ3n) is 3.37. The van der Waals surface area contributed by atoms with Crippen LogP contribution in [-0.2, 0) is 0 Å². The number of aliphatic hydroxyl groups is 1. The summed E-state index contributed by atoms with van der Waals surface area (Å²) in [7, 11) is 3.30. The Hall–Kier alpha value is -2.20. The normalized spacial score (nSPS) is 11.8. The van der Waals surface area contributed by atoms with Gasteiger partial charge in [0.25, 0.3) is 0 Å². The van der Waals surface area contributed by atoms with E-state index in [1.807, 2.05) is 48.5 Å². The summed E-state index contributed by atoms with van der Waals surface area (Å²) >= 11 is 0. The predicted octanol–water partition coefficient (Wildman–Crippen LogP) is 3.24. The molecule has 0 aliphatic rings. The van der Waals surface area contributed by atoms with Crippen LogP contribution in [0.15, 0.2) is 48.5 Å². The molecule has 4 heteroatoms. The van der Waals surface area contributed by atoms with Crippen LogP contribution in [-0.4, -0.2) is 25.9 Å². The lowest BCUT2D eigenvalue weighted by Gasteiger charge is -2.20. The summed E-state index contributed by atoms with van der Waals surface area (Å²) < 4.78 is 10.3. The summed E-state index contributed by atoms with van der Waals surface area (Å²) in [4.78, 5) is 0. The lowest BCUT2D eigenvalue weighted by Crippen LogP contribution is -2.12. The molecule has 0 fully saturated rings. The molecule has 2 aromatic rings. The van der Waals surface area contributed by atoms with E-state index in [-0.39, 0.29) is 12.6 Å². The van der Waals surface area contributed by atoms with E-state index < -0.39 is 0 Å². The van der Waals surface area contributed by atoms with Gasteiger partial charge in [-0.3, -0.25) is 0 Å². The molecule has 4 nitrogen and oxygen atoms in total. The van der Waals surface area contributed by atoms with E-state index in [0.29, 0.717) is 6.42 Å². The average Bonchev–Trinajstić information content (AvgIpc) is 2.55. The van der Waals surface area contributed by atoms with Crippen LogP contribution in [0.5, 0.6) is 11.5 Å². The Morgan fingerprint density at radius 1 is 0.905 bits per heavy atom. The zero-order chi connectivity index (χ0) is 15.1. The Labute approximate surface area is 125 Å². The maximum absolute atomic E-state index is 9.27. The van der Waals surface area contributed by atoms with Crippen LogP contribution >= 0.6 is 0 Å². The van der Waals surface area contributed by atoms with Crippen molar-refractivity contribution in [3.8, 4) is 11.5 Å². The SMILES string of the molecule is COc1ccc(NC(CCO)c2ccc(OC)cc2)cc1. The number of hydrogen-bond donors (Lipinski definition) is 2. The van der Waals surface area contributed by atoms with E-state index in [2.05, 4.69) is 5.32 Å². The third-order valence-corrected chi connectivity index (χ3v) is 3.37. The minimum absolute atomic E-state index is 0.0503. The number of methoxy groups -OCH3 is 2. The topological polar surface area (TPSA) is 50.7 Å². The van der Waals surface area contributed by atoms with Gasteiger partial charge in [0.1, 0.15) is 11.5 Å². The molecular weight excluding hydrogens is 266 g/mol. The number of ether oxygens (including phenoxy) is 2. The van der Waals surface area contributed by atoms with E-state index in [1.165, 1.54) is 0 Å². The second-order valence-corrected chi connectivity index (χ2v) is 4.71. The molecule has 0 saturated heterocycles. The molecule has 0 radical (unpaired) electrons. The van der Waals surface area contributed by atoms with E-state index in [1.54, 1.807) is 14.2 Å². The molecule has 0 aliphatic carbocycles. The molecule has 0 saturated carbocycles. The Balaban J connectivity index is 2.13. The van der Waals surface area contributed by atoms with E-state index >= 15 is 0 Å². The number of hydrogen-bond acceptors (Lipinski definition) is 4. The summed E-state index contributed by atoms with van der Waals surface area (Å²) in [5, 5.41) is 12.7. The molecule has 0 aromatic heterocycles. The minimum atomic E-state index is 0.0503. The van der Waals surface area contributed by atoms with Gasteiger partial charge in [0, 0.05) is 12.3 Å². The minimum Gasteiger partial charge on any atom is -0.497 e. The van der Waals surface area contributed by atoms with Crippen LogP contribution < -0.4 is 14.8 Å². The highest BCUT2D eigenvalue weighted by atomic mass is 16.5. The van der Waals surface area contributed by atoms with Gasteiger partial charge < -0.3 is 19.9 Å². The second-order valence-electron chi connectivity index (χ2n) is 4.71. The van der Waals surface area contributed by atoms with Crippen LogP contribution in [0, 0.1) is 0 Å². The average molecular weight is 287 g/mol. The summed E-state index contributed by atoms with van der Waals surface area (Å²) in [6.45, 7) is 0.125.